The second kappa shape index (κ2) is 4.05. The molecule has 0 spiro atoms. The summed E-state index contributed by atoms with van der Waals surface area (Å²) < 4.78 is 6.66. The van der Waals surface area contributed by atoms with Crippen LogP contribution in [0.15, 0.2) is 12.5 Å². The molecule has 0 saturated heterocycles. The molecule has 0 N–H and O–H groups in total. The molecule has 2 aromatic rings. The van der Waals surface area contributed by atoms with Crippen LogP contribution in [0.4, 0.5) is 0 Å². The summed E-state index contributed by atoms with van der Waals surface area (Å²) in [5.41, 5.74) is 0.836. The van der Waals surface area contributed by atoms with Crippen LogP contribution < -0.4 is 4.74 Å². The van der Waals surface area contributed by atoms with Gasteiger partial charge in [0.1, 0.15) is 6.33 Å². The standard InChI is InChI=1S/C9H9N5O2/c1-6-3-14(5-10-6)8-9(16-2)11-7(4-15)12-13-8/h3-5H,1-2H3. The second-order valence-electron chi connectivity index (χ2n) is 3.04. The zero-order valence-corrected chi connectivity index (χ0v) is 8.78. The Morgan fingerprint density at radius 2 is 2.25 bits per heavy atom. The molecule has 82 valence electrons. The summed E-state index contributed by atoms with van der Waals surface area (Å²) in [4.78, 5) is 18.4. The Kier molecular flexibility index (Phi) is 2.59. The van der Waals surface area contributed by atoms with Crippen molar-refractivity contribution < 1.29 is 9.53 Å². The van der Waals surface area contributed by atoms with E-state index in [1.165, 1.54) is 7.11 Å². The lowest BCUT2D eigenvalue weighted by atomic mass is 10.5. The van der Waals surface area contributed by atoms with E-state index < -0.39 is 0 Å². The second-order valence-corrected chi connectivity index (χ2v) is 3.04. The first kappa shape index (κ1) is 10.2. The number of nitrogens with zero attached hydrogens (tertiary/aromatic N) is 5. The van der Waals surface area contributed by atoms with Crippen molar-refractivity contribution in [3.8, 4) is 11.7 Å². The van der Waals surface area contributed by atoms with Crippen LogP contribution in [0.1, 0.15) is 16.3 Å². The predicted molar refractivity (Wildman–Crippen MR) is 53.6 cm³/mol. The molecule has 0 amide bonds. The number of aldehydes is 1. The number of methoxy groups -OCH3 is 1. The average Bonchev–Trinajstić information content (AvgIpc) is 2.74. The van der Waals surface area contributed by atoms with E-state index in [4.69, 9.17) is 4.74 Å². The van der Waals surface area contributed by atoms with Gasteiger partial charge in [0.25, 0.3) is 5.88 Å². The lowest BCUT2D eigenvalue weighted by molar-refractivity contribution is 0.111. The highest BCUT2D eigenvalue weighted by molar-refractivity contribution is 5.68. The van der Waals surface area contributed by atoms with Crippen LogP contribution in [0.25, 0.3) is 5.82 Å². The number of ether oxygens (including phenoxy) is 1. The molecule has 0 fully saturated rings. The number of hydrogen-bond acceptors (Lipinski definition) is 6. The highest BCUT2D eigenvalue weighted by Crippen LogP contribution is 2.16. The summed E-state index contributed by atoms with van der Waals surface area (Å²) in [6, 6.07) is 0. The third-order valence-electron chi connectivity index (χ3n) is 1.91. The van der Waals surface area contributed by atoms with Gasteiger partial charge in [0, 0.05) is 6.20 Å². The molecule has 2 aromatic heterocycles. The molecule has 0 saturated carbocycles. The zero-order valence-electron chi connectivity index (χ0n) is 8.78. The number of rotatable bonds is 3. The van der Waals surface area contributed by atoms with Gasteiger partial charge in [0.2, 0.25) is 11.6 Å². The first-order valence-corrected chi connectivity index (χ1v) is 4.49. The van der Waals surface area contributed by atoms with Gasteiger partial charge in [-0.05, 0) is 6.92 Å². The molecule has 0 atom stereocenters. The van der Waals surface area contributed by atoms with Gasteiger partial charge in [-0.1, -0.05) is 0 Å². The fourth-order valence-corrected chi connectivity index (χ4v) is 1.20. The highest BCUT2D eigenvalue weighted by Gasteiger charge is 2.11. The minimum absolute atomic E-state index is 0.0163. The smallest absolute Gasteiger partial charge is 0.262 e. The Morgan fingerprint density at radius 1 is 1.44 bits per heavy atom. The molecule has 2 rings (SSSR count). The van der Waals surface area contributed by atoms with Gasteiger partial charge in [0.15, 0.2) is 6.29 Å². The molecule has 0 radical (unpaired) electrons. The molecule has 7 heteroatoms. The van der Waals surface area contributed by atoms with Crippen LogP contribution in [0, 0.1) is 6.92 Å². The molecule has 7 nitrogen and oxygen atoms in total. The monoisotopic (exact) mass is 219 g/mol. The minimum atomic E-state index is -0.0163. The lowest BCUT2D eigenvalue weighted by Crippen LogP contribution is -2.06. The van der Waals surface area contributed by atoms with Crippen LogP contribution in [-0.4, -0.2) is 38.1 Å². The Hall–Kier alpha value is -2.31. The summed E-state index contributed by atoms with van der Waals surface area (Å²) >= 11 is 0. The van der Waals surface area contributed by atoms with Crippen LogP contribution in [0.3, 0.4) is 0 Å². The van der Waals surface area contributed by atoms with Gasteiger partial charge < -0.3 is 4.74 Å². The number of aromatic nitrogens is 5. The summed E-state index contributed by atoms with van der Waals surface area (Å²) in [7, 11) is 1.45. The Labute approximate surface area is 91.1 Å². The van der Waals surface area contributed by atoms with E-state index in [9.17, 15) is 4.79 Å². The fourth-order valence-electron chi connectivity index (χ4n) is 1.20. The SMILES string of the molecule is COc1nc(C=O)nnc1-n1cnc(C)c1. The van der Waals surface area contributed by atoms with Gasteiger partial charge >= 0.3 is 0 Å². The topological polar surface area (TPSA) is 82.8 Å². The van der Waals surface area contributed by atoms with Gasteiger partial charge in [-0.25, -0.2) is 4.98 Å². The Morgan fingerprint density at radius 3 is 2.81 bits per heavy atom. The van der Waals surface area contributed by atoms with Crippen molar-refractivity contribution in [1.29, 1.82) is 0 Å². The van der Waals surface area contributed by atoms with Gasteiger partial charge in [-0.3, -0.25) is 9.36 Å². The maximum atomic E-state index is 10.5. The van der Waals surface area contributed by atoms with E-state index in [1.54, 1.807) is 17.1 Å². The van der Waals surface area contributed by atoms with E-state index in [0.29, 0.717) is 12.1 Å². The van der Waals surface area contributed by atoms with E-state index >= 15 is 0 Å². The Balaban J connectivity index is 2.52. The lowest BCUT2D eigenvalue weighted by Gasteiger charge is -2.05. The first-order valence-electron chi connectivity index (χ1n) is 4.49. The summed E-state index contributed by atoms with van der Waals surface area (Å²) in [6.07, 6.45) is 3.84. The van der Waals surface area contributed by atoms with Gasteiger partial charge in [0.05, 0.1) is 12.8 Å². The van der Waals surface area contributed by atoms with E-state index in [1.807, 2.05) is 6.92 Å². The molecule has 2 heterocycles. The van der Waals surface area contributed by atoms with Crippen LogP contribution in [0.2, 0.25) is 0 Å². The molecule has 0 aliphatic carbocycles. The van der Waals surface area contributed by atoms with Crippen molar-refractivity contribution in [2.24, 2.45) is 0 Å². The maximum Gasteiger partial charge on any atom is 0.262 e. The first-order chi connectivity index (χ1) is 7.74. The van der Waals surface area contributed by atoms with Crippen LogP contribution in [0.5, 0.6) is 5.88 Å². The summed E-state index contributed by atoms with van der Waals surface area (Å²) in [5, 5.41) is 7.49. The summed E-state index contributed by atoms with van der Waals surface area (Å²) in [6.45, 7) is 1.85. The molecule has 0 aliphatic rings. The average molecular weight is 219 g/mol. The van der Waals surface area contributed by atoms with Crippen molar-refractivity contribution in [2.45, 2.75) is 6.92 Å². The third kappa shape index (κ3) is 1.74. The Bertz CT molecular complexity index is 522. The number of carbonyl (C=O) groups excluding carboxylic acids is 1. The molecule has 16 heavy (non-hydrogen) atoms. The quantitative estimate of drug-likeness (QED) is 0.685. The molecule has 0 aromatic carbocycles. The minimum Gasteiger partial charge on any atom is -0.478 e. The van der Waals surface area contributed by atoms with Crippen molar-refractivity contribution in [3.63, 3.8) is 0 Å². The van der Waals surface area contributed by atoms with Crippen LogP contribution in [-0.2, 0) is 0 Å². The molecular formula is C9H9N5O2. The third-order valence-corrected chi connectivity index (χ3v) is 1.91. The normalized spacial score (nSPS) is 10.1. The largest absolute Gasteiger partial charge is 0.478 e. The fraction of sp³-hybridized carbons (Fsp3) is 0.222. The van der Waals surface area contributed by atoms with Gasteiger partial charge in [-0.2, -0.15) is 4.98 Å². The molecule has 0 aliphatic heterocycles. The predicted octanol–water partition coefficient (Wildman–Crippen LogP) is 0.187. The highest BCUT2D eigenvalue weighted by atomic mass is 16.5. The van der Waals surface area contributed by atoms with Crippen molar-refractivity contribution in [2.75, 3.05) is 7.11 Å². The number of carbonyl (C=O) groups is 1. The van der Waals surface area contributed by atoms with E-state index in [-0.39, 0.29) is 11.7 Å². The maximum absolute atomic E-state index is 10.5. The van der Waals surface area contributed by atoms with E-state index in [0.717, 1.165) is 5.69 Å². The molecular weight excluding hydrogens is 210 g/mol. The van der Waals surface area contributed by atoms with Crippen molar-refractivity contribution in [3.05, 3.63) is 24.0 Å². The van der Waals surface area contributed by atoms with Crippen molar-refractivity contribution >= 4 is 6.29 Å². The molecule has 0 bridgehead atoms. The number of aryl methyl sites for hydroxylation is 1. The van der Waals surface area contributed by atoms with Crippen LogP contribution >= 0.6 is 0 Å². The zero-order chi connectivity index (χ0) is 11.5. The number of imidazole rings is 1. The van der Waals surface area contributed by atoms with E-state index in [2.05, 4.69) is 20.2 Å². The number of hydrogen-bond donors (Lipinski definition) is 0. The molecule has 0 unspecified atom stereocenters. The van der Waals surface area contributed by atoms with Gasteiger partial charge in [-0.15, -0.1) is 10.2 Å². The summed E-state index contributed by atoms with van der Waals surface area (Å²) in [5.74, 6) is 0.612. The van der Waals surface area contributed by atoms with Crippen molar-refractivity contribution in [1.82, 2.24) is 24.7 Å².